The zero-order valence-electron chi connectivity index (χ0n) is 26.3. The van der Waals surface area contributed by atoms with E-state index in [9.17, 15) is 9.90 Å². The molecule has 1 saturated heterocycles. The van der Waals surface area contributed by atoms with Gasteiger partial charge in [-0.3, -0.25) is 4.79 Å². The first kappa shape index (κ1) is 31.3. The minimum atomic E-state index is -2.58. The molecule has 224 valence electrons. The molecule has 41 heavy (non-hydrogen) atoms. The minimum Gasteiger partial charge on any atom is -0.507 e. The van der Waals surface area contributed by atoms with Crippen LogP contribution in [-0.2, 0) is 24.3 Å². The summed E-state index contributed by atoms with van der Waals surface area (Å²) >= 11 is 0. The monoisotopic (exact) mass is 581 g/mol. The van der Waals surface area contributed by atoms with Crippen molar-refractivity contribution in [3.05, 3.63) is 59.2 Å². The Kier molecular flexibility index (Phi) is 8.30. The smallest absolute Gasteiger partial charge is 0.257 e. The van der Waals surface area contributed by atoms with Crippen LogP contribution < -0.4 is 10.1 Å². The van der Waals surface area contributed by atoms with Gasteiger partial charge in [0, 0.05) is 12.7 Å². The van der Waals surface area contributed by atoms with Crippen molar-refractivity contribution >= 4 is 26.0 Å². The third-order valence-electron chi connectivity index (χ3n) is 9.13. The summed E-state index contributed by atoms with van der Waals surface area (Å²) in [7, 11) is 0.540. The Hall–Kier alpha value is -2.65. The fraction of sp³-hybridized carbons (Fsp3) is 0.545. The van der Waals surface area contributed by atoms with Gasteiger partial charge in [0.25, 0.3) is 5.91 Å². The summed E-state index contributed by atoms with van der Waals surface area (Å²) in [6.45, 7) is 17.9. The van der Waals surface area contributed by atoms with Gasteiger partial charge in [-0.15, -0.1) is 0 Å². The number of hydrogen-bond donors (Lipinski definition) is 2. The first-order valence-corrected chi connectivity index (χ1v) is 17.3. The van der Waals surface area contributed by atoms with Crippen molar-refractivity contribution in [1.82, 2.24) is 0 Å². The second-order valence-electron chi connectivity index (χ2n) is 14.0. The number of amides is 1. The quantitative estimate of drug-likeness (QED) is 0.335. The van der Waals surface area contributed by atoms with Crippen molar-refractivity contribution in [1.29, 1.82) is 0 Å². The van der Waals surface area contributed by atoms with Crippen molar-refractivity contribution in [2.45, 2.75) is 89.8 Å². The number of methoxy groups -OCH3 is 2. The Morgan fingerprint density at radius 3 is 2.24 bits per heavy atom. The molecular formula is C33H47NO6Si. The third kappa shape index (κ3) is 5.85. The van der Waals surface area contributed by atoms with Crippen molar-refractivity contribution in [3.63, 3.8) is 0 Å². The Bertz CT molecular complexity index is 1300. The van der Waals surface area contributed by atoms with Crippen LogP contribution in [0.1, 0.15) is 71.1 Å². The Morgan fingerprint density at radius 2 is 1.71 bits per heavy atom. The number of phenols is 1. The zero-order chi connectivity index (χ0) is 30.4. The lowest BCUT2D eigenvalue weighted by molar-refractivity contribution is -0.140. The van der Waals surface area contributed by atoms with Gasteiger partial charge in [0.05, 0.1) is 30.6 Å². The molecule has 0 bridgehead atoms. The van der Waals surface area contributed by atoms with E-state index in [2.05, 4.69) is 60.0 Å². The molecule has 2 aliphatic heterocycles. The molecule has 2 aromatic carbocycles. The maximum Gasteiger partial charge on any atom is 0.257 e. The Balaban J connectivity index is 1.95. The van der Waals surface area contributed by atoms with E-state index < -0.39 is 25.6 Å². The van der Waals surface area contributed by atoms with Crippen molar-refractivity contribution in [3.8, 4) is 11.5 Å². The van der Waals surface area contributed by atoms with Crippen LogP contribution in [0.4, 0.5) is 5.69 Å². The number of anilines is 1. The van der Waals surface area contributed by atoms with Crippen LogP contribution in [0.3, 0.4) is 0 Å². The van der Waals surface area contributed by atoms with Crippen LogP contribution >= 0.6 is 0 Å². The Labute approximate surface area is 246 Å². The fourth-order valence-electron chi connectivity index (χ4n) is 5.35. The number of rotatable bonds is 7. The average Bonchev–Trinajstić information content (AvgIpc) is 2.89. The number of aromatic hydroxyl groups is 1. The molecule has 2 aromatic rings. The van der Waals surface area contributed by atoms with Crippen LogP contribution in [0.5, 0.6) is 11.5 Å². The van der Waals surface area contributed by atoms with Gasteiger partial charge >= 0.3 is 0 Å². The second kappa shape index (κ2) is 10.9. The molecule has 7 nitrogen and oxygen atoms in total. The van der Waals surface area contributed by atoms with Crippen LogP contribution in [0, 0.1) is 5.41 Å². The molecule has 1 fully saturated rings. The van der Waals surface area contributed by atoms with Crippen molar-refractivity contribution < 1.29 is 28.5 Å². The highest BCUT2D eigenvalue weighted by atomic mass is 28.4. The zero-order valence-corrected chi connectivity index (χ0v) is 27.3. The average molecular weight is 582 g/mol. The number of carbonyl (C=O) groups is 1. The summed E-state index contributed by atoms with van der Waals surface area (Å²) in [5, 5.41) is 14.8. The normalized spacial score (nSPS) is 26.5. The van der Waals surface area contributed by atoms with Crippen LogP contribution in [0.2, 0.25) is 18.1 Å². The summed E-state index contributed by atoms with van der Waals surface area (Å²) in [6.07, 6.45) is 4.82. The van der Waals surface area contributed by atoms with Gasteiger partial charge < -0.3 is 29.1 Å². The second-order valence-corrected chi connectivity index (χ2v) is 18.7. The van der Waals surface area contributed by atoms with Crippen LogP contribution in [0.15, 0.2) is 42.5 Å². The van der Waals surface area contributed by atoms with E-state index in [0.717, 1.165) is 12.8 Å². The summed E-state index contributed by atoms with van der Waals surface area (Å²) in [6, 6.07) is 11.1. The molecule has 0 radical (unpaired) electrons. The van der Waals surface area contributed by atoms with Crippen LogP contribution in [0.25, 0.3) is 6.08 Å². The lowest BCUT2D eigenvalue weighted by atomic mass is 9.76. The molecule has 8 heteroatoms. The first-order chi connectivity index (χ1) is 19.0. The van der Waals surface area contributed by atoms with Gasteiger partial charge in [0.2, 0.25) is 0 Å². The largest absolute Gasteiger partial charge is 0.507 e. The van der Waals surface area contributed by atoms with E-state index in [1.165, 1.54) is 7.11 Å². The number of benzene rings is 2. The standard InChI is InChI=1S/C33H47NO6Si/c1-30(2,3)41(9,10)40-33(23-12-14-24(37-7)15-13-23)26-25(34-29(36)28(33)38-8)16-11-22(27(26)35)17-18-32(6)20-19-31(4,5)21-39-32/h11-18,28,35H,19-21H2,1-10H3,(H,34,36)/b18-17+. The fourth-order valence-corrected chi connectivity index (χ4v) is 6.79. The number of fused-ring (bicyclic) bond motifs is 1. The van der Waals surface area contributed by atoms with Gasteiger partial charge in [0.15, 0.2) is 14.4 Å². The highest BCUT2D eigenvalue weighted by molar-refractivity contribution is 6.74. The van der Waals surface area contributed by atoms with Crippen LogP contribution in [-0.4, -0.2) is 51.9 Å². The SMILES string of the molecule is COc1ccc(C2(O[Si](C)(C)C(C)(C)C)c3c(ccc(/C=C/C4(C)CCC(C)(C)CO4)c3O)NC(=O)C2OC)cc1. The number of carbonyl (C=O) groups excluding carboxylic acids is 1. The van der Waals surface area contributed by atoms with Gasteiger partial charge in [-0.1, -0.05) is 58.9 Å². The summed E-state index contributed by atoms with van der Waals surface area (Å²) in [4.78, 5) is 13.6. The molecule has 0 spiro atoms. The molecule has 0 aliphatic carbocycles. The molecule has 2 N–H and O–H groups in total. The van der Waals surface area contributed by atoms with Gasteiger partial charge in [-0.2, -0.15) is 0 Å². The predicted octanol–water partition coefficient (Wildman–Crippen LogP) is 7.24. The van der Waals surface area contributed by atoms with Gasteiger partial charge in [-0.05, 0) is 73.1 Å². The molecule has 4 rings (SSSR count). The van der Waals surface area contributed by atoms with E-state index in [1.54, 1.807) is 7.11 Å². The first-order valence-electron chi connectivity index (χ1n) is 14.4. The maximum absolute atomic E-state index is 13.6. The molecule has 1 amide bonds. The van der Waals surface area contributed by atoms with E-state index in [4.69, 9.17) is 18.6 Å². The summed E-state index contributed by atoms with van der Waals surface area (Å²) < 4.78 is 24.9. The highest BCUT2D eigenvalue weighted by Gasteiger charge is 2.58. The lowest BCUT2D eigenvalue weighted by Gasteiger charge is -2.50. The number of phenolic OH excluding ortho intramolecular Hbond substituents is 1. The van der Waals surface area contributed by atoms with E-state index in [-0.39, 0.29) is 22.1 Å². The molecule has 0 aromatic heterocycles. The highest BCUT2D eigenvalue weighted by Crippen LogP contribution is 2.54. The minimum absolute atomic E-state index is 0.0371. The van der Waals surface area contributed by atoms with Crippen molar-refractivity contribution in [2.75, 3.05) is 26.1 Å². The maximum atomic E-state index is 13.6. The molecule has 2 heterocycles. The van der Waals surface area contributed by atoms with Gasteiger partial charge in [0.1, 0.15) is 17.1 Å². The van der Waals surface area contributed by atoms with E-state index in [0.29, 0.717) is 34.7 Å². The molecule has 3 unspecified atom stereocenters. The number of nitrogens with one attached hydrogen (secondary N) is 1. The summed E-state index contributed by atoms with van der Waals surface area (Å²) in [5.41, 5.74) is 0.588. The van der Waals surface area contributed by atoms with E-state index >= 15 is 0 Å². The van der Waals surface area contributed by atoms with Crippen molar-refractivity contribution in [2.24, 2.45) is 5.41 Å². The molecule has 0 saturated carbocycles. The third-order valence-corrected chi connectivity index (χ3v) is 13.6. The molecular weight excluding hydrogens is 534 g/mol. The predicted molar refractivity (Wildman–Crippen MR) is 166 cm³/mol. The summed E-state index contributed by atoms with van der Waals surface area (Å²) in [5.74, 6) is 0.383. The lowest BCUT2D eigenvalue weighted by Crippen LogP contribution is -2.59. The molecule has 3 atom stereocenters. The Morgan fingerprint density at radius 1 is 1.05 bits per heavy atom. The van der Waals surface area contributed by atoms with E-state index in [1.807, 2.05) is 48.6 Å². The number of hydrogen-bond acceptors (Lipinski definition) is 6. The molecule has 2 aliphatic rings. The van der Waals surface area contributed by atoms with Gasteiger partial charge in [-0.25, -0.2) is 0 Å². The topological polar surface area (TPSA) is 86.3 Å². The number of ether oxygens (including phenoxy) is 3.